The van der Waals surface area contributed by atoms with Gasteiger partial charge in [0.05, 0.1) is 21.1 Å². The van der Waals surface area contributed by atoms with Crippen LogP contribution in [0.1, 0.15) is 10.6 Å². The minimum Gasteiger partial charge on any atom is -0.334 e. The Bertz CT molecular complexity index is 958. The zero-order valence-corrected chi connectivity index (χ0v) is 13.4. The van der Waals surface area contributed by atoms with E-state index in [9.17, 15) is 14.0 Å². The third-order valence-electron chi connectivity index (χ3n) is 3.06. The Kier molecular flexibility index (Phi) is 4.37. The number of rotatable bonds is 2. The summed E-state index contributed by atoms with van der Waals surface area (Å²) in [6, 6.07) is 7.56. The van der Waals surface area contributed by atoms with Gasteiger partial charge in [-0.25, -0.2) is 14.2 Å². The number of urea groups is 1. The van der Waals surface area contributed by atoms with E-state index in [2.05, 4.69) is 20.6 Å². The lowest BCUT2D eigenvalue weighted by molar-refractivity contribution is 0.0958. The summed E-state index contributed by atoms with van der Waals surface area (Å²) in [4.78, 5) is 30.5. The van der Waals surface area contributed by atoms with E-state index in [4.69, 9.17) is 23.2 Å². The normalized spacial score (nSPS) is 10.6. The minimum atomic E-state index is -0.773. The Morgan fingerprint density at radius 1 is 1.08 bits per heavy atom. The molecule has 0 atom stereocenters. The van der Waals surface area contributed by atoms with Gasteiger partial charge >= 0.3 is 6.03 Å². The van der Waals surface area contributed by atoms with Crippen LogP contribution in [-0.4, -0.2) is 21.9 Å². The lowest BCUT2D eigenvalue weighted by Crippen LogP contribution is -2.34. The first-order valence-corrected chi connectivity index (χ1v) is 7.40. The maximum absolute atomic E-state index is 13.1. The van der Waals surface area contributed by atoms with E-state index >= 15 is 0 Å². The second-order valence-corrected chi connectivity index (χ2v) is 5.60. The molecule has 3 rings (SSSR count). The second-order valence-electron chi connectivity index (χ2n) is 4.78. The molecule has 1 heterocycles. The van der Waals surface area contributed by atoms with Gasteiger partial charge in [-0.05, 0) is 36.4 Å². The Morgan fingerprint density at radius 3 is 2.62 bits per heavy atom. The highest BCUT2D eigenvalue weighted by Crippen LogP contribution is 2.24. The molecule has 0 unspecified atom stereocenters. The number of benzene rings is 2. The Morgan fingerprint density at radius 2 is 1.88 bits per heavy atom. The molecular formula is C15H9Cl2FN4O2. The third-order valence-corrected chi connectivity index (χ3v) is 3.80. The highest BCUT2D eigenvalue weighted by Gasteiger charge is 2.15. The number of carbonyl (C=O) groups is 2. The molecule has 0 radical (unpaired) electrons. The van der Waals surface area contributed by atoms with Crippen molar-refractivity contribution < 1.29 is 14.0 Å². The molecule has 1 aromatic heterocycles. The van der Waals surface area contributed by atoms with Gasteiger partial charge in [0, 0.05) is 5.69 Å². The summed E-state index contributed by atoms with van der Waals surface area (Å²) in [6.07, 6.45) is 0. The molecule has 3 aromatic rings. The number of aromatic amines is 1. The van der Waals surface area contributed by atoms with Gasteiger partial charge in [0.15, 0.2) is 5.82 Å². The van der Waals surface area contributed by atoms with Crippen molar-refractivity contribution in [3.63, 3.8) is 0 Å². The Hall–Kier alpha value is -2.64. The van der Waals surface area contributed by atoms with Crippen molar-refractivity contribution in [1.29, 1.82) is 0 Å². The van der Waals surface area contributed by atoms with Crippen LogP contribution < -0.4 is 10.6 Å². The van der Waals surface area contributed by atoms with E-state index in [-0.39, 0.29) is 10.8 Å². The van der Waals surface area contributed by atoms with Crippen molar-refractivity contribution in [2.75, 3.05) is 5.32 Å². The molecule has 9 heteroatoms. The van der Waals surface area contributed by atoms with Gasteiger partial charge in [-0.2, -0.15) is 0 Å². The molecule has 0 aliphatic carbocycles. The van der Waals surface area contributed by atoms with Gasteiger partial charge < -0.3 is 10.3 Å². The number of anilines is 1. The summed E-state index contributed by atoms with van der Waals surface area (Å²) in [5, 5.41) is 5.14. The number of aromatic nitrogens is 2. The molecule has 122 valence electrons. The predicted molar refractivity (Wildman–Crippen MR) is 89.0 cm³/mol. The van der Waals surface area contributed by atoms with Crippen LogP contribution in [0.15, 0.2) is 36.4 Å². The number of halogens is 3. The van der Waals surface area contributed by atoms with Gasteiger partial charge in [-0.1, -0.05) is 23.2 Å². The molecule has 0 fully saturated rings. The van der Waals surface area contributed by atoms with Crippen molar-refractivity contribution in [2.45, 2.75) is 0 Å². The monoisotopic (exact) mass is 366 g/mol. The number of carbonyl (C=O) groups excluding carboxylic acids is 2. The number of imidazole rings is 1. The largest absolute Gasteiger partial charge is 0.334 e. The van der Waals surface area contributed by atoms with Crippen molar-refractivity contribution in [3.05, 3.63) is 58.1 Å². The maximum Gasteiger partial charge on any atom is 0.326 e. The number of nitrogens with zero attached hydrogens (tertiary/aromatic N) is 1. The molecule has 3 N–H and O–H groups in total. The predicted octanol–water partition coefficient (Wildman–Crippen LogP) is 3.97. The van der Waals surface area contributed by atoms with E-state index in [1.807, 2.05) is 0 Å². The molecule has 3 amide bonds. The fourth-order valence-corrected chi connectivity index (χ4v) is 2.29. The zero-order valence-electron chi connectivity index (χ0n) is 11.9. The average Bonchev–Trinajstić information content (AvgIpc) is 2.94. The van der Waals surface area contributed by atoms with Gasteiger partial charge in [-0.15, -0.1) is 0 Å². The van der Waals surface area contributed by atoms with E-state index in [0.29, 0.717) is 21.7 Å². The first-order chi connectivity index (χ1) is 11.4. The summed E-state index contributed by atoms with van der Waals surface area (Å²) in [6.45, 7) is 0. The highest BCUT2D eigenvalue weighted by molar-refractivity contribution is 6.42. The van der Waals surface area contributed by atoms with Gasteiger partial charge in [0.25, 0.3) is 5.91 Å². The molecule has 0 saturated carbocycles. The SMILES string of the molecule is O=C(NC(=O)c1nc2ccc(F)cc2[nH]1)Nc1ccc(Cl)c(Cl)c1. The van der Waals surface area contributed by atoms with Crippen LogP contribution in [0.25, 0.3) is 11.0 Å². The molecule has 6 nitrogen and oxygen atoms in total. The zero-order chi connectivity index (χ0) is 17.3. The first-order valence-electron chi connectivity index (χ1n) is 6.65. The molecule has 24 heavy (non-hydrogen) atoms. The maximum atomic E-state index is 13.1. The number of nitrogens with one attached hydrogen (secondary N) is 3. The number of fused-ring (bicyclic) bond motifs is 1. The topological polar surface area (TPSA) is 86.9 Å². The Balaban J connectivity index is 1.70. The van der Waals surface area contributed by atoms with Crippen LogP contribution in [0.4, 0.5) is 14.9 Å². The van der Waals surface area contributed by atoms with Crippen LogP contribution in [0.2, 0.25) is 10.0 Å². The van der Waals surface area contributed by atoms with Crippen molar-refractivity contribution in [3.8, 4) is 0 Å². The first kappa shape index (κ1) is 16.2. The number of amides is 3. The standard InChI is InChI=1S/C15H9Cl2FN4O2/c16-9-3-2-8(6-10(9)17)19-15(24)22-14(23)13-20-11-4-1-7(18)5-12(11)21-13/h1-6H,(H,20,21)(H2,19,22,23,24). The van der Waals surface area contributed by atoms with E-state index in [0.717, 1.165) is 0 Å². The van der Waals surface area contributed by atoms with Gasteiger partial charge in [0.1, 0.15) is 5.82 Å². The van der Waals surface area contributed by atoms with Crippen LogP contribution in [-0.2, 0) is 0 Å². The third kappa shape index (κ3) is 3.47. The summed E-state index contributed by atoms with van der Waals surface area (Å²) in [7, 11) is 0. The molecular weight excluding hydrogens is 358 g/mol. The Labute approximate surface area is 145 Å². The summed E-state index contributed by atoms with van der Waals surface area (Å²) >= 11 is 11.6. The summed E-state index contributed by atoms with van der Waals surface area (Å²) < 4.78 is 13.1. The van der Waals surface area contributed by atoms with E-state index < -0.39 is 17.8 Å². The fraction of sp³-hybridized carbons (Fsp3) is 0. The average molecular weight is 367 g/mol. The molecule has 2 aromatic carbocycles. The quantitative estimate of drug-likeness (QED) is 0.641. The number of hydrogen-bond donors (Lipinski definition) is 3. The molecule has 0 aliphatic heterocycles. The lowest BCUT2D eigenvalue weighted by atomic mass is 10.3. The molecule has 0 aliphatic rings. The molecule has 0 bridgehead atoms. The number of H-pyrrole nitrogens is 1. The smallest absolute Gasteiger partial charge is 0.326 e. The number of hydrogen-bond acceptors (Lipinski definition) is 3. The van der Waals surface area contributed by atoms with Crippen LogP contribution in [0.5, 0.6) is 0 Å². The van der Waals surface area contributed by atoms with Gasteiger partial charge in [-0.3, -0.25) is 10.1 Å². The van der Waals surface area contributed by atoms with E-state index in [1.54, 1.807) is 0 Å². The fourth-order valence-electron chi connectivity index (χ4n) is 1.99. The second kappa shape index (κ2) is 6.46. The van der Waals surface area contributed by atoms with Crippen LogP contribution >= 0.6 is 23.2 Å². The van der Waals surface area contributed by atoms with Crippen LogP contribution in [0, 0.1) is 5.82 Å². The lowest BCUT2D eigenvalue weighted by Gasteiger charge is -2.06. The van der Waals surface area contributed by atoms with Crippen molar-refractivity contribution in [2.24, 2.45) is 0 Å². The van der Waals surface area contributed by atoms with Crippen molar-refractivity contribution >= 4 is 51.9 Å². The summed E-state index contributed by atoms with van der Waals surface area (Å²) in [5.41, 5.74) is 1.12. The highest BCUT2D eigenvalue weighted by atomic mass is 35.5. The van der Waals surface area contributed by atoms with Crippen molar-refractivity contribution in [1.82, 2.24) is 15.3 Å². The molecule has 0 saturated heterocycles. The number of imide groups is 1. The summed E-state index contributed by atoms with van der Waals surface area (Å²) in [5.74, 6) is -1.33. The minimum absolute atomic E-state index is 0.111. The van der Waals surface area contributed by atoms with Crippen LogP contribution in [0.3, 0.4) is 0 Å². The van der Waals surface area contributed by atoms with Gasteiger partial charge in [0.2, 0.25) is 0 Å². The van der Waals surface area contributed by atoms with E-state index in [1.165, 1.54) is 36.4 Å². The molecule has 0 spiro atoms.